The van der Waals surface area contributed by atoms with Crippen LogP contribution < -0.4 is 0 Å². The van der Waals surface area contributed by atoms with Gasteiger partial charge in [-0.1, -0.05) is 20.3 Å². The fraction of sp³-hybridized carbons (Fsp3) is 1.00. The van der Waals surface area contributed by atoms with Crippen LogP contribution in [-0.2, 0) is 0 Å². The van der Waals surface area contributed by atoms with Crippen LogP contribution in [0.3, 0.4) is 0 Å². The lowest BCUT2D eigenvalue weighted by Gasteiger charge is -2.27. The van der Waals surface area contributed by atoms with Gasteiger partial charge in [0, 0.05) is 0 Å². The largest absolute Gasteiger partial charge is 0.162 e. The summed E-state index contributed by atoms with van der Waals surface area (Å²) >= 11 is 2.15. The number of thioether (sulfide) groups is 1. The topological polar surface area (TPSA) is 0 Å². The van der Waals surface area contributed by atoms with Gasteiger partial charge in [0.25, 0.3) is 0 Å². The maximum Gasteiger partial charge on any atom is -0.00366 e. The molecule has 0 N–H and O–H groups in total. The molecule has 0 radical (unpaired) electrons. The van der Waals surface area contributed by atoms with E-state index in [2.05, 4.69) is 25.6 Å². The Morgan fingerprint density at radius 1 is 1.50 bits per heavy atom. The third kappa shape index (κ3) is 2.19. The Kier molecular flexibility index (Phi) is 3.61. The van der Waals surface area contributed by atoms with Gasteiger partial charge in [-0.25, -0.2) is 0 Å². The van der Waals surface area contributed by atoms with Gasteiger partial charge >= 0.3 is 0 Å². The summed E-state index contributed by atoms with van der Waals surface area (Å²) in [6, 6.07) is 0. The molecule has 1 saturated heterocycles. The zero-order valence-electron chi connectivity index (χ0n) is 7.10. The van der Waals surface area contributed by atoms with Crippen molar-refractivity contribution in [3.05, 3.63) is 0 Å². The van der Waals surface area contributed by atoms with E-state index in [-0.39, 0.29) is 0 Å². The molecule has 0 nitrogen and oxygen atoms in total. The lowest BCUT2D eigenvalue weighted by molar-refractivity contribution is 0.351. The Morgan fingerprint density at radius 2 is 2.30 bits per heavy atom. The fourth-order valence-electron chi connectivity index (χ4n) is 1.64. The van der Waals surface area contributed by atoms with Crippen molar-refractivity contribution < 1.29 is 0 Å². The molecule has 2 unspecified atom stereocenters. The van der Waals surface area contributed by atoms with Crippen molar-refractivity contribution in [2.75, 3.05) is 11.5 Å². The Bertz CT molecular complexity index is 88.7. The second kappa shape index (κ2) is 4.27. The highest BCUT2D eigenvalue weighted by molar-refractivity contribution is 7.99. The molecule has 1 fully saturated rings. The Hall–Kier alpha value is 0.350. The Balaban J connectivity index is 2.25. The summed E-state index contributed by atoms with van der Waals surface area (Å²) in [7, 11) is 0. The molecule has 2 atom stereocenters. The molecule has 0 amide bonds. The Morgan fingerprint density at radius 3 is 2.90 bits per heavy atom. The number of hydrogen-bond acceptors (Lipinski definition) is 1. The maximum atomic E-state index is 2.42. The number of rotatable bonds is 2. The molecule has 0 aliphatic carbocycles. The molecule has 0 aromatic heterocycles. The molecule has 1 aliphatic heterocycles. The smallest absolute Gasteiger partial charge is 0.00366 e. The summed E-state index contributed by atoms with van der Waals surface area (Å²) in [4.78, 5) is 0. The molecule has 1 rings (SSSR count). The van der Waals surface area contributed by atoms with Crippen molar-refractivity contribution in [3.63, 3.8) is 0 Å². The highest BCUT2D eigenvalue weighted by Crippen LogP contribution is 2.30. The van der Waals surface area contributed by atoms with E-state index >= 15 is 0 Å². The minimum absolute atomic E-state index is 1.00. The van der Waals surface area contributed by atoms with Crippen LogP contribution in [-0.4, -0.2) is 11.5 Å². The third-order valence-electron chi connectivity index (χ3n) is 2.51. The molecule has 10 heavy (non-hydrogen) atoms. The van der Waals surface area contributed by atoms with Crippen molar-refractivity contribution in [2.45, 2.75) is 33.1 Å². The first-order chi connectivity index (χ1) is 4.84. The van der Waals surface area contributed by atoms with Crippen LogP contribution in [0.2, 0.25) is 0 Å². The van der Waals surface area contributed by atoms with E-state index < -0.39 is 0 Å². The molecule has 0 spiro atoms. The van der Waals surface area contributed by atoms with Crippen LogP contribution in [0.1, 0.15) is 33.1 Å². The van der Waals surface area contributed by atoms with E-state index in [4.69, 9.17) is 0 Å². The van der Waals surface area contributed by atoms with Gasteiger partial charge in [0.1, 0.15) is 0 Å². The molecule has 60 valence electrons. The second-order valence-electron chi connectivity index (χ2n) is 3.39. The minimum Gasteiger partial charge on any atom is -0.162 e. The van der Waals surface area contributed by atoms with Crippen LogP contribution in [0, 0.1) is 11.8 Å². The van der Waals surface area contributed by atoms with Gasteiger partial charge in [0.15, 0.2) is 0 Å². The van der Waals surface area contributed by atoms with Crippen LogP contribution in [0.5, 0.6) is 0 Å². The van der Waals surface area contributed by atoms with E-state index in [0.717, 1.165) is 11.8 Å². The van der Waals surface area contributed by atoms with Crippen molar-refractivity contribution >= 4 is 11.8 Å². The monoisotopic (exact) mass is 158 g/mol. The van der Waals surface area contributed by atoms with Crippen molar-refractivity contribution in [1.82, 2.24) is 0 Å². The van der Waals surface area contributed by atoms with Crippen molar-refractivity contribution in [3.8, 4) is 0 Å². The molecule has 1 aliphatic rings. The highest BCUT2D eigenvalue weighted by Gasteiger charge is 2.19. The number of hydrogen-bond donors (Lipinski definition) is 0. The van der Waals surface area contributed by atoms with Gasteiger partial charge in [-0.15, -0.1) is 0 Å². The van der Waals surface area contributed by atoms with E-state index in [1.807, 2.05) is 0 Å². The van der Waals surface area contributed by atoms with Crippen molar-refractivity contribution in [2.24, 2.45) is 11.8 Å². The normalized spacial score (nSPS) is 34.2. The lowest BCUT2D eigenvalue weighted by atomic mass is 9.89. The average Bonchev–Trinajstić information content (AvgIpc) is 1.94. The first kappa shape index (κ1) is 8.45. The lowest BCUT2D eigenvalue weighted by Crippen LogP contribution is -2.19. The van der Waals surface area contributed by atoms with E-state index in [1.165, 1.54) is 30.8 Å². The third-order valence-corrected chi connectivity index (χ3v) is 3.70. The quantitative estimate of drug-likeness (QED) is 0.595. The standard InChI is InChI=1S/C9H18S/c1-3-4-9-7-10-6-5-8(9)2/h8-9H,3-7H2,1-2H3. The summed E-state index contributed by atoms with van der Waals surface area (Å²) in [5, 5.41) is 0. The summed E-state index contributed by atoms with van der Waals surface area (Å²) in [5.74, 6) is 4.86. The zero-order valence-corrected chi connectivity index (χ0v) is 7.91. The van der Waals surface area contributed by atoms with Gasteiger partial charge in [-0.05, 0) is 36.2 Å². The van der Waals surface area contributed by atoms with Crippen LogP contribution in [0.4, 0.5) is 0 Å². The Labute approximate surface area is 68.8 Å². The predicted molar refractivity (Wildman–Crippen MR) is 49.5 cm³/mol. The summed E-state index contributed by atoms with van der Waals surface area (Å²) in [6.07, 6.45) is 4.28. The van der Waals surface area contributed by atoms with E-state index in [1.54, 1.807) is 0 Å². The highest BCUT2D eigenvalue weighted by atomic mass is 32.2. The molecular weight excluding hydrogens is 140 g/mol. The fourth-order valence-corrected chi connectivity index (χ4v) is 3.15. The van der Waals surface area contributed by atoms with Crippen LogP contribution >= 0.6 is 11.8 Å². The first-order valence-electron chi connectivity index (χ1n) is 4.42. The zero-order chi connectivity index (χ0) is 7.40. The van der Waals surface area contributed by atoms with Gasteiger partial charge in [-0.3, -0.25) is 0 Å². The molecule has 1 heterocycles. The van der Waals surface area contributed by atoms with Gasteiger partial charge in [-0.2, -0.15) is 11.8 Å². The molecule has 0 saturated carbocycles. The summed E-state index contributed by atoms with van der Waals surface area (Å²) < 4.78 is 0. The molecular formula is C9H18S. The SMILES string of the molecule is CCCC1CSCCC1C. The molecule has 0 aromatic carbocycles. The van der Waals surface area contributed by atoms with Crippen LogP contribution in [0.15, 0.2) is 0 Å². The molecule has 1 heteroatoms. The predicted octanol–water partition coefficient (Wildman–Crippen LogP) is 3.18. The maximum absolute atomic E-state index is 2.42. The summed E-state index contributed by atoms with van der Waals surface area (Å²) in [5.41, 5.74) is 0. The van der Waals surface area contributed by atoms with Crippen molar-refractivity contribution in [1.29, 1.82) is 0 Å². The van der Waals surface area contributed by atoms with Gasteiger partial charge in [0.05, 0.1) is 0 Å². The molecule has 0 bridgehead atoms. The van der Waals surface area contributed by atoms with E-state index in [9.17, 15) is 0 Å². The second-order valence-corrected chi connectivity index (χ2v) is 4.54. The van der Waals surface area contributed by atoms with Gasteiger partial charge < -0.3 is 0 Å². The van der Waals surface area contributed by atoms with Crippen LogP contribution in [0.25, 0.3) is 0 Å². The average molecular weight is 158 g/mol. The minimum atomic E-state index is 1.00. The summed E-state index contributed by atoms with van der Waals surface area (Å²) in [6.45, 7) is 4.71. The van der Waals surface area contributed by atoms with E-state index in [0.29, 0.717) is 0 Å². The first-order valence-corrected chi connectivity index (χ1v) is 5.57. The molecule has 0 aromatic rings. The van der Waals surface area contributed by atoms with Gasteiger partial charge in [0.2, 0.25) is 0 Å².